The zero-order valence-electron chi connectivity index (χ0n) is 12.3. The molecule has 2 unspecified atom stereocenters. The van der Waals surface area contributed by atoms with E-state index >= 15 is 0 Å². The zero-order valence-corrected chi connectivity index (χ0v) is 13.9. The first kappa shape index (κ1) is 20.5. The van der Waals surface area contributed by atoms with Gasteiger partial charge in [0.2, 0.25) is 0 Å². The minimum atomic E-state index is -4.73. The molecular weight excluding hydrogens is 372 g/mol. The van der Waals surface area contributed by atoms with Crippen molar-refractivity contribution in [1.29, 1.82) is 0 Å². The van der Waals surface area contributed by atoms with Gasteiger partial charge in [-0.15, -0.1) is 5.57 Å². The Morgan fingerprint density at radius 1 is 1.38 bits per heavy atom. The molecule has 1 rings (SSSR count). The van der Waals surface area contributed by atoms with Crippen LogP contribution in [0.25, 0.3) is 0 Å². The molecule has 0 aromatic rings. The standard InChI is InChI=1S/C15H20F3O2.Rh/c1-5-13(19)11-7-6-10(11)12(8-9(2)3)14(4,20)15(16,17)18;/h9,12,20H,1,6-8H2,2-4H3;/q-1;. The van der Waals surface area contributed by atoms with E-state index in [9.17, 15) is 23.1 Å². The summed E-state index contributed by atoms with van der Waals surface area (Å²) >= 11 is 0. The predicted molar refractivity (Wildman–Crippen MR) is 69.8 cm³/mol. The molecule has 21 heavy (non-hydrogen) atoms. The van der Waals surface area contributed by atoms with E-state index in [-0.39, 0.29) is 31.8 Å². The van der Waals surface area contributed by atoms with Crippen molar-refractivity contribution >= 4 is 5.78 Å². The molecule has 1 aliphatic rings. The second-order valence-electron chi connectivity index (χ2n) is 5.84. The van der Waals surface area contributed by atoms with E-state index in [2.05, 4.69) is 12.7 Å². The predicted octanol–water partition coefficient (Wildman–Crippen LogP) is 3.61. The maximum absolute atomic E-state index is 13.1. The SMILES string of the molecule is C=[C-]C(=O)C1=C(C(CC(C)C)C(C)(O)C(F)(F)F)CC1.[Rh]. The molecule has 0 amide bonds. The Bertz CT molecular complexity index is 437. The van der Waals surface area contributed by atoms with Crippen molar-refractivity contribution in [1.82, 2.24) is 0 Å². The molecule has 0 bridgehead atoms. The second kappa shape index (κ2) is 7.19. The fraction of sp³-hybridized carbons (Fsp3) is 0.667. The third-order valence-electron chi connectivity index (χ3n) is 3.85. The average Bonchev–Trinajstić information content (AvgIpc) is 2.24. The zero-order chi connectivity index (χ0) is 15.7. The molecule has 2 nitrogen and oxygen atoms in total. The fourth-order valence-corrected chi connectivity index (χ4v) is 2.52. The first-order chi connectivity index (χ1) is 9.02. The molecule has 0 fully saturated rings. The maximum Gasteiger partial charge on any atom is 0.417 e. The fourth-order valence-electron chi connectivity index (χ4n) is 2.52. The molecule has 0 aromatic heterocycles. The third kappa shape index (κ3) is 4.26. The van der Waals surface area contributed by atoms with Gasteiger partial charge in [-0.2, -0.15) is 25.3 Å². The summed E-state index contributed by atoms with van der Waals surface area (Å²) in [5, 5.41) is 9.96. The van der Waals surface area contributed by atoms with Crippen LogP contribution in [0.15, 0.2) is 17.7 Å². The van der Waals surface area contributed by atoms with Gasteiger partial charge in [0.15, 0.2) is 5.60 Å². The van der Waals surface area contributed by atoms with Crippen molar-refractivity contribution in [2.75, 3.05) is 0 Å². The maximum atomic E-state index is 13.1. The third-order valence-corrected chi connectivity index (χ3v) is 3.85. The van der Waals surface area contributed by atoms with Crippen molar-refractivity contribution in [3.05, 3.63) is 23.8 Å². The van der Waals surface area contributed by atoms with E-state index in [4.69, 9.17) is 0 Å². The molecule has 0 heterocycles. The van der Waals surface area contributed by atoms with Crippen LogP contribution >= 0.6 is 0 Å². The van der Waals surface area contributed by atoms with Gasteiger partial charge in [-0.3, -0.25) is 0 Å². The van der Waals surface area contributed by atoms with Crippen LogP contribution < -0.4 is 0 Å². The minimum absolute atomic E-state index is 0. The van der Waals surface area contributed by atoms with Crippen molar-refractivity contribution in [2.45, 2.75) is 51.8 Å². The summed E-state index contributed by atoms with van der Waals surface area (Å²) in [6.45, 7) is 7.60. The molecule has 6 heteroatoms. The van der Waals surface area contributed by atoms with Gasteiger partial charge in [-0.25, -0.2) is 6.08 Å². The Kier molecular flexibility index (Phi) is 7.03. The average molecular weight is 392 g/mol. The van der Waals surface area contributed by atoms with Gasteiger partial charge < -0.3 is 9.90 Å². The number of aliphatic hydroxyl groups is 1. The van der Waals surface area contributed by atoms with Gasteiger partial charge in [0, 0.05) is 31.2 Å². The topological polar surface area (TPSA) is 37.3 Å². The molecule has 123 valence electrons. The summed E-state index contributed by atoms with van der Waals surface area (Å²) in [5.74, 6) is -1.58. The number of ketones is 1. The van der Waals surface area contributed by atoms with Crippen LogP contribution in [-0.2, 0) is 24.3 Å². The van der Waals surface area contributed by atoms with Gasteiger partial charge in [-0.1, -0.05) is 26.7 Å². The Balaban J connectivity index is 0.00000400. The van der Waals surface area contributed by atoms with Crippen molar-refractivity contribution in [2.24, 2.45) is 11.8 Å². The summed E-state index contributed by atoms with van der Waals surface area (Å²) in [4.78, 5) is 11.6. The van der Waals surface area contributed by atoms with E-state index in [1.165, 1.54) is 0 Å². The quantitative estimate of drug-likeness (QED) is 0.426. The molecule has 0 saturated carbocycles. The van der Waals surface area contributed by atoms with Gasteiger partial charge in [0.05, 0.1) is 0 Å². The smallest absolute Gasteiger partial charge is 0.380 e. The van der Waals surface area contributed by atoms with Gasteiger partial charge in [0.25, 0.3) is 0 Å². The van der Waals surface area contributed by atoms with Crippen molar-refractivity contribution < 1.29 is 42.6 Å². The number of hydrogen-bond donors (Lipinski definition) is 1. The molecule has 2 atom stereocenters. The van der Waals surface area contributed by atoms with Gasteiger partial charge in [0.1, 0.15) is 0 Å². The largest absolute Gasteiger partial charge is 0.417 e. The number of Topliss-reactive ketones (excluding diaryl/α,β-unsaturated/α-hetero) is 1. The van der Waals surface area contributed by atoms with E-state index in [1.807, 2.05) is 0 Å². The molecule has 0 aromatic carbocycles. The normalized spacial score (nSPS) is 19.4. The van der Waals surface area contributed by atoms with Crippen LogP contribution in [0, 0.1) is 17.9 Å². The summed E-state index contributed by atoms with van der Waals surface area (Å²) in [7, 11) is 0. The number of alkyl halides is 3. The summed E-state index contributed by atoms with van der Waals surface area (Å²) in [6.07, 6.45) is -1.53. The van der Waals surface area contributed by atoms with E-state index in [0.29, 0.717) is 24.0 Å². The van der Waals surface area contributed by atoms with Crippen LogP contribution in [0.4, 0.5) is 13.2 Å². The monoisotopic (exact) mass is 392 g/mol. The Labute approximate surface area is 136 Å². The summed E-state index contributed by atoms with van der Waals surface area (Å²) < 4.78 is 39.2. The van der Waals surface area contributed by atoms with E-state index in [0.717, 1.165) is 6.92 Å². The van der Waals surface area contributed by atoms with E-state index < -0.39 is 23.5 Å². The van der Waals surface area contributed by atoms with Crippen LogP contribution in [0.2, 0.25) is 0 Å². The van der Waals surface area contributed by atoms with Crippen molar-refractivity contribution in [3.63, 3.8) is 0 Å². The van der Waals surface area contributed by atoms with Crippen LogP contribution in [0.1, 0.15) is 40.0 Å². The Morgan fingerprint density at radius 3 is 2.19 bits per heavy atom. The minimum Gasteiger partial charge on any atom is -0.380 e. The molecule has 0 aliphatic heterocycles. The Morgan fingerprint density at radius 2 is 1.90 bits per heavy atom. The second-order valence-corrected chi connectivity index (χ2v) is 5.84. The van der Waals surface area contributed by atoms with Crippen LogP contribution in [-0.4, -0.2) is 22.7 Å². The number of rotatable bonds is 6. The van der Waals surface area contributed by atoms with Gasteiger partial charge >= 0.3 is 6.18 Å². The molecule has 1 aliphatic carbocycles. The molecular formula is C15H20F3O2Rh-. The van der Waals surface area contributed by atoms with Crippen molar-refractivity contribution in [3.8, 4) is 0 Å². The number of allylic oxidation sites excluding steroid dienone is 2. The first-order valence-electron chi connectivity index (χ1n) is 6.60. The molecule has 0 spiro atoms. The van der Waals surface area contributed by atoms with Crippen LogP contribution in [0.3, 0.4) is 0 Å². The number of halogens is 3. The van der Waals surface area contributed by atoms with Gasteiger partial charge in [-0.05, 0) is 19.3 Å². The molecule has 1 radical (unpaired) electrons. The van der Waals surface area contributed by atoms with Crippen LogP contribution in [0.5, 0.6) is 0 Å². The van der Waals surface area contributed by atoms with E-state index in [1.54, 1.807) is 13.8 Å². The Hall–Kier alpha value is -0.477. The number of hydrogen-bond acceptors (Lipinski definition) is 2. The summed E-state index contributed by atoms with van der Waals surface area (Å²) in [6, 6.07) is 0. The molecule has 1 N–H and O–H groups in total. The first-order valence-corrected chi connectivity index (χ1v) is 6.60. The number of carbonyl (C=O) groups is 1. The molecule has 0 saturated heterocycles. The number of carbonyl (C=O) groups excluding carboxylic acids is 1. The summed E-state index contributed by atoms with van der Waals surface area (Å²) in [5.41, 5.74) is -2.10.